The first-order valence-electron chi connectivity index (χ1n) is 16.5. The SMILES string of the molecule is O=[N+]([O-])c1ccc(N=Nc2cc(N=Nc3cc(S(=O)(=O)O)cc4cc(S(=O)(=O)O)c(N=Nc5ccc([N+](=O)[O-])cc5)c(O)c34)c([O-])c(N=Nc3ccc([N+](=O)[O-])cc3)c2[O-])cc1.[Na+].[Na+]. The second-order valence-corrected chi connectivity index (χ2v) is 14.9. The zero-order valence-electron chi connectivity index (χ0n) is 32.2. The number of nitro benzene ring substituents is 3. The summed E-state index contributed by atoms with van der Waals surface area (Å²) in [6.45, 7) is 0. The molecule has 0 aliphatic rings. The molecule has 314 valence electrons. The quantitative estimate of drug-likeness (QED) is 0.0492. The Bertz CT molecular complexity index is 3190. The molecule has 0 amide bonds. The van der Waals surface area contributed by atoms with Gasteiger partial charge in [0.1, 0.15) is 10.6 Å². The summed E-state index contributed by atoms with van der Waals surface area (Å²) in [7, 11) is -10.5. The van der Waals surface area contributed by atoms with Crippen LogP contribution in [0.25, 0.3) is 10.8 Å². The molecule has 0 bridgehead atoms. The van der Waals surface area contributed by atoms with E-state index in [1.54, 1.807) is 0 Å². The van der Waals surface area contributed by atoms with Crippen molar-refractivity contribution in [1.82, 2.24) is 0 Å². The van der Waals surface area contributed by atoms with Crippen LogP contribution in [0.1, 0.15) is 0 Å². The molecule has 0 atom stereocenters. The van der Waals surface area contributed by atoms with Crippen LogP contribution < -0.4 is 69.3 Å². The fraction of sp³-hybridized carbons (Fsp3) is 0. The van der Waals surface area contributed by atoms with Gasteiger partial charge in [0.25, 0.3) is 37.3 Å². The molecule has 3 N–H and O–H groups in total. The van der Waals surface area contributed by atoms with Crippen LogP contribution in [0.3, 0.4) is 0 Å². The van der Waals surface area contributed by atoms with Crippen LogP contribution in [-0.4, -0.2) is 45.8 Å². The summed E-state index contributed by atoms with van der Waals surface area (Å²) in [6.07, 6.45) is 0. The molecule has 0 aliphatic heterocycles. The number of benzene rings is 6. The average Bonchev–Trinajstić information content (AvgIpc) is 3.22. The van der Waals surface area contributed by atoms with Gasteiger partial charge in [0.15, 0.2) is 5.75 Å². The number of fused-ring (bicyclic) bond motifs is 1. The Morgan fingerprint density at radius 3 is 1.23 bits per heavy atom. The number of hydrogen-bond acceptors (Lipinski definition) is 21. The maximum absolute atomic E-state index is 13.7. The number of phenolic OH excluding ortho intramolecular Hbond substituents is 1. The number of aromatic hydroxyl groups is 1. The molecule has 0 heterocycles. The zero-order valence-corrected chi connectivity index (χ0v) is 37.8. The van der Waals surface area contributed by atoms with Gasteiger partial charge in [-0.05, 0) is 66.0 Å². The molecule has 6 aromatic carbocycles. The number of nitro groups is 3. The predicted molar refractivity (Wildman–Crippen MR) is 207 cm³/mol. The van der Waals surface area contributed by atoms with Gasteiger partial charge in [0.05, 0.1) is 64.9 Å². The molecule has 26 nitrogen and oxygen atoms in total. The molecule has 0 spiro atoms. The molecular weight excluding hydrogens is 913 g/mol. The van der Waals surface area contributed by atoms with E-state index in [4.69, 9.17) is 0 Å². The minimum atomic E-state index is -5.31. The third-order valence-corrected chi connectivity index (χ3v) is 9.80. The van der Waals surface area contributed by atoms with Crippen LogP contribution in [0.5, 0.6) is 17.2 Å². The third-order valence-electron chi connectivity index (χ3n) is 8.10. The first-order chi connectivity index (χ1) is 29.2. The first kappa shape index (κ1) is 50.0. The molecule has 0 aromatic heterocycles. The molecule has 0 saturated carbocycles. The van der Waals surface area contributed by atoms with Crippen molar-refractivity contribution < 1.29 is 115 Å². The van der Waals surface area contributed by atoms with Gasteiger partial charge in [-0.3, -0.25) is 39.4 Å². The van der Waals surface area contributed by atoms with Crippen LogP contribution in [0.15, 0.2) is 148 Å². The largest absolute Gasteiger partial charge is 1.00 e. The van der Waals surface area contributed by atoms with Gasteiger partial charge in [-0.2, -0.15) is 47.5 Å². The Morgan fingerprint density at radius 1 is 0.469 bits per heavy atom. The van der Waals surface area contributed by atoms with Crippen molar-refractivity contribution in [1.29, 1.82) is 0 Å². The fourth-order valence-electron chi connectivity index (χ4n) is 5.16. The van der Waals surface area contributed by atoms with E-state index in [0.29, 0.717) is 18.2 Å². The minimum Gasteiger partial charge on any atom is -0.869 e. The number of non-ortho nitro benzene ring substituents is 3. The Balaban J connectivity index is 0.00000449. The first-order valence-corrected chi connectivity index (χ1v) is 19.3. The normalized spacial score (nSPS) is 11.9. The third kappa shape index (κ3) is 11.5. The summed E-state index contributed by atoms with van der Waals surface area (Å²) in [6, 6.07) is 15.9. The van der Waals surface area contributed by atoms with E-state index in [1.165, 1.54) is 12.1 Å². The topological polar surface area (TPSA) is 403 Å². The van der Waals surface area contributed by atoms with E-state index >= 15 is 0 Å². The van der Waals surface area contributed by atoms with Crippen LogP contribution in [0.4, 0.5) is 62.6 Å². The standard InChI is InChI=1S/C34H21N11O15S2.2Na/c46-32-26(39-35-18-1-7-21(8-2-18)43(49)50)16-27(33(47)31(32)42-37-20-5-11-23(12-6-20)45(53)54)40-38-25-15-24(61(55,56)57)13-17-14-28(62(58,59)60)30(34(48)29(17)25)41-36-19-3-9-22(10-4-19)44(51)52;;/h1-16,46-48H,(H,55,56,57)(H,58,59,60);;/q;2*+1/p-2. The van der Waals surface area contributed by atoms with Crippen molar-refractivity contribution >= 4 is 93.6 Å². The van der Waals surface area contributed by atoms with Gasteiger partial charge in [0, 0.05) is 36.4 Å². The number of rotatable bonds is 13. The number of phenols is 1. The van der Waals surface area contributed by atoms with Gasteiger partial charge in [-0.15, -0.1) is 10.2 Å². The number of hydrogen-bond donors (Lipinski definition) is 3. The zero-order chi connectivity index (χ0) is 45.1. The molecule has 30 heteroatoms. The molecule has 0 saturated heterocycles. The summed E-state index contributed by atoms with van der Waals surface area (Å²) in [4.78, 5) is 28.9. The summed E-state index contributed by atoms with van der Waals surface area (Å²) in [5.74, 6) is -3.61. The molecule has 0 unspecified atom stereocenters. The summed E-state index contributed by atoms with van der Waals surface area (Å²) in [5, 5.41) is 101. The van der Waals surface area contributed by atoms with Crippen molar-refractivity contribution in [3.63, 3.8) is 0 Å². The molecule has 0 fully saturated rings. The van der Waals surface area contributed by atoms with Gasteiger partial charge in [-0.1, -0.05) is 11.5 Å². The van der Waals surface area contributed by atoms with Gasteiger partial charge in [0.2, 0.25) is 0 Å². The van der Waals surface area contributed by atoms with E-state index in [1.807, 2.05) is 0 Å². The maximum atomic E-state index is 13.7. The second-order valence-electron chi connectivity index (χ2n) is 12.1. The van der Waals surface area contributed by atoms with Crippen LogP contribution in [0.2, 0.25) is 0 Å². The summed E-state index contributed by atoms with van der Waals surface area (Å²) < 4.78 is 69.5. The number of nitrogens with zero attached hydrogens (tertiary/aromatic N) is 11. The molecule has 0 aliphatic carbocycles. The van der Waals surface area contributed by atoms with Crippen LogP contribution in [-0.2, 0) is 20.2 Å². The summed E-state index contributed by atoms with van der Waals surface area (Å²) in [5.41, 5.74) is -5.21. The van der Waals surface area contributed by atoms with E-state index in [-0.39, 0.29) is 93.2 Å². The number of azo groups is 4. The average molecular weight is 932 g/mol. The second kappa shape index (κ2) is 20.3. The Labute approximate surface area is 401 Å². The van der Waals surface area contributed by atoms with Crippen molar-refractivity contribution in [3.05, 3.63) is 127 Å². The molecule has 6 rings (SSSR count). The van der Waals surface area contributed by atoms with Crippen molar-refractivity contribution in [3.8, 4) is 17.2 Å². The fourth-order valence-corrected chi connectivity index (χ4v) is 6.36. The minimum absolute atomic E-state index is 0. The summed E-state index contributed by atoms with van der Waals surface area (Å²) >= 11 is 0. The monoisotopic (exact) mass is 931 g/mol. The predicted octanol–water partition coefficient (Wildman–Crippen LogP) is 2.58. The van der Waals surface area contributed by atoms with Crippen molar-refractivity contribution in [2.75, 3.05) is 0 Å². The smallest absolute Gasteiger partial charge is 0.869 e. The molecule has 64 heavy (non-hydrogen) atoms. The van der Waals surface area contributed by atoms with Crippen LogP contribution in [0, 0.1) is 30.3 Å². The molecule has 0 radical (unpaired) electrons. The van der Waals surface area contributed by atoms with Crippen molar-refractivity contribution in [2.45, 2.75) is 9.79 Å². The molecule has 6 aromatic rings. The Kier molecular flexibility index (Phi) is 15.9. The van der Waals surface area contributed by atoms with Gasteiger partial charge in [-0.25, -0.2) is 0 Å². The van der Waals surface area contributed by atoms with Crippen LogP contribution >= 0.6 is 0 Å². The maximum Gasteiger partial charge on any atom is 1.00 e. The van der Waals surface area contributed by atoms with E-state index in [0.717, 1.165) is 66.7 Å². The van der Waals surface area contributed by atoms with E-state index in [9.17, 15) is 71.6 Å². The van der Waals surface area contributed by atoms with Gasteiger partial charge < -0.3 is 15.3 Å². The van der Waals surface area contributed by atoms with E-state index < -0.39 is 101 Å². The van der Waals surface area contributed by atoms with Gasteiger partial charge >= 0.3 is 59.1 Å². The molecular formula is C34H19N11Na2O15S2. The Morgan fingerprint density at radius 2 is 0.844 bits per heavy atom. The van der Waals surface area contributed by atoms with E-state index in [2.05, 4.69) is 40.9 Å². The Hall–Kier alpha value is -6.60. The van der Waals surface area contributed by atoms with Crippen molar-refractivity contribution in [2.24, 2.45) is 40.9 Å².